The maximum atomic E-state index is 12.8. The predicted octanol–water partition coefficient (Wildman–Crippen LogP) is 4.19. The first-order valence-electron chi connectivity index (χ1n) is 9.28. The Morgan fingerprint density at radius 2 is 1.62 bits per heavy atom. The normalized spacial score (nSPS) is 25.3. The first-order valence-corrected chi connectivity index (χ1v) is 9.28. The van der Waals surface area contributed by atoms with Crippen LogP contribution in [0.5, 0.6) is 5.75 Å². The first-order chi connectivity index (χ1) is 12.6. The molecule has 0 N–H and O–H groups in total. The molecule has 1 saturated carbocycles. The van der Waals surface area contributed by atoms with Crippen LogP contribution in [0.3, 0.4) is 0 Å². The lowest BCUT2D eigenvalue weighted by Gasteiger charge is -2.25. The van der Waals surface area contributed by atoms with Gasteiger partial charge in [0.2, 0.25) is 11.8 Å². The number of ether oxygens (including phenoxy) is 1. The summed E-state index contributed by atoms with van der Waals surface area (Å²) < 4.78 is 5.78. The van der Waals surface area contributed by atoms with Crippen molar-refractivity contribution in [2.75, 3.05) is 4.90 Å². The molecular formula is C22H23NO3. The molecule has 0 bridgehead atoms. The van der Waals surface area contributed by atoms with Gasteiger partial charge in [-0.1, -0.05) is 37.3 Å². The maximum absolute atomic E-state index is 12.8. The van der Waals surface area contributed by atoms with Crippen molar-refractivity contribution in [3.63, 3.8) is 0 Å². The second-order valence-corrected chi connectivity index (χ2v) is 7.41. The third kappa shape index (κ3) is 3.12. The van der Waals surface area contributed by atoms with E-state index in [9.17, 15) is 9.59 Å². The van der Waals surface area contributed by atoms with E-state index in [0.717, 1.165) is 30.6 Å². The van der Waals surface area contributed by atoms with Crippen LogP contribution in [0.1, 0.15) is 31.7 Å². The summed E-state index contributed by atoms with van der Waals surface area (Å²) in [4.78, 5) is 26.9. The number of carbonyl (C=O) groups is 2. The van der Waals surface area contributed by atoms with Crippen LogP contribution in [-0.4, -0.2) is 11.8 Å². The van der Waals surface area contributed by atoms with E-state index in [1.165, 1.54) is 4.90 Å². The van der Waals surface area contributed by atoms with Gasteiger partial charge in [-0.25, -0.2) is 0 Å². The molecule has 1 aliphatic carbocycles. The summed E-state index contributed by atoms with van der Waals surface area (Å²) in [5.74, 6) is 0.895. The van der Waals surface area contributed by atoms with Crippen molar-refractivity contribution in [3.8, 4) is 5.75 Å². The Bertz CT molecular complexity index is 800. The number of anilines is 1. The molecule has 26 heavy (non-hydrogen) atoms. The smallest absolute Gasteiger partial charge is 0.237 e. The van der Waals surface area contributed by atoms with Crippen LogP contribution < -0.4 is 9.64 Å². The van der Waals surface area contributed by atoms with Gasteiger partial charge in [0.05, 0.1) is 17.5 Å². The molecule has 2 fully saturated rings. The summed E-state index contributed by atoms with van der Waals surface area (Å²) in [5.41, 5.74) is 1.74. The standard InChI is InChI=1S/C22H23NO3/c1-15-7-12-19-20(13-15)22(25)23(21(19)24)17-8-10-18(11-9-17)26-14-16-5-3-2-4-6-16/h2-6,8-11,15,19-20H,7,12-14H2,1H3/t15-,19+,20+/m1/s1. The third-order valence-electron chi connectivity index (χ3n) is 5.53. The lowest BCUT2D eigenvalue weighted by molar-refractivity contribution is -0.122. The van der Waals surface area contributed by atoms with E-state index < -0.39 is 0 Å². The van der Waals surface area contributed by atoms with Gasteiger partial charge in [0.15, 0.2) is 0 Å². The third-order valence-corrected chi connectivity index (χ3v) is 5.53. The summed E-state index contributed by atoms with van der Waals surface area (Å²) in [7, 11) is 0. The minimum Gasteiger partial charge on any atom is -0.489 e. The van der Waals surface area contributed by atoms with E-state index in [1.807, 2.05) is 42.5 Å². The lowest BCUT2D eigenvalue weighted by atomic mass is 9.76. The molecule has 4 rings (SSSR count). The fraction of sp³-hybridized carbons (Fsp3) is 0.364. The van der Waals surface area contributed by atoms with Crippen LogP contribution in [0.2, 0.25) is 0 Å². The summed E-state index contributed by atoms with van der Waals surface area (Å²) in [6.45, 7) is 2.65. The number of amides is 2. The Balaban J connectivity index is 1.46. The van der Waals surface area contributed by atoms with Crippen molar-refractivity contribution >= 4 is 17.5 Å². The summed E-state index contributed by atoms with van der Waals surface area (Å²) in [6, 6.07) is 17.2. The van der Waals surface area contributed by atoms with E-state index in [0.29, 0.717) is 18.2 Å². The van der Waals surface area contributed by atoms with Gasteiger partial charge in [-0.3, -0.25) is 14.5 Å². The number of hydrogen-bond acceptors (Lipinski definition) is 3. The van der Waals surface area contributed by atoms with Gasteiger partial charge < -0.3 is 4.74 Å². The van der Waals surface area contributed by atoms with E-state index in [1.54, 1.807) is 12.1 Å². The number of benzene rings is 2. The fourth-order valence-corrected chi connectivity index (χ4v) is 4.08. The highest BCUT2D eigenvalue weighted by atomic mass is 16.5. The Morgan fingerprint density at radius 1 is 0.923 bits per heavy atom. The zero-order valence-electron chi connectivity index (χ0n) is 14.9. The van der Waals surface area contributed by atoms with Crippen molar-refractivity contribution in [2.24, 2.45) is 17.8 Å². The lowest BCUT2D eigenvalue weighted by Crippen LogP contribution is -2.30. The molecule has 0 aromatic heterocycles. The molecular weight excluding hydrogens is 326 g/mol. The maximum Gasteiger partial charge on any atom is 0.237 e. The Morgan fingerprint density at radius 3 is 2.35 bits per heavy atom. The number of carbonyl (C=O) groups excluding carboxylic acids is 2. The average molecular weight is 349 g/mol. The summed E-state index contributed by atoms with van der Waals surface area (Å²) in [6.07, 6.45) is 2.68. The van der Waals surface area contributed by atoms with E-state index in [4.69, 9.17) is 4.74 Å². The van der Waals surface area contributed by atoms with Gasteiger partial charge in [-0.2, -0.15) is 0 Å². The zero-order valence-corrected chi connectivity index (χ0v) is 14.9. The summed E-state index contributed by atoms with van der Waals surface area (Å²) in [5, 5.41) is 0. The molecule has 2 aromatic carbocycles. The molecule has 134 valence electrons. The minimum absolute atomic E-state index is 0.0372. The number of rotatable bonds is 4. The molecule has 0 spiro atoms. The number of imide groups is 1. The van der Waals surface area contributed by atoms with Gasteiger partial charge in [0, 0.05) is 0 Å². The molecule has 2 amide bonds. The molecule has 1 aliphatic heterocycles. The van der Waals surface area contributed by atoms with Crippen LogP contribution >= 0.6 is 0 Å². The monoisotopic (exact) mass is 349 g/mol. The molecule has 3 atom stereocenters. The molecule has 2 aromatic rings. The van der Waals surface area contributed by atoms with E-state index in [-0.39, 0.29) is 23.7 Å². The molecule has 1 saturated heterocycles. The van der Waals surface area contributed by atoms with Gasteiger partial charge in [-0.15, -0.1) is 0 Å². The van der Waals surface area contributed by atoms with E-state index in [2.05, 4.69) is 6.92 Å². The average Bonchev–Trinajstić information content (AvgIpc) is 2.91. The topological polar surface area (TPSA) is 46.6 Å². The van der Waals surface area contributed by atoms with Crippen molar-refractivity contribution < 1.29 is 14.3 Å². The highest BCUT2D eigenvalue weighted by molar-refractivity contribution is 6.22. The Hall–Kier alpha value is -2.62. The molecule has 0 unspecified atom stereocenters. The van der Waals surface area contributed by atoms with Crippen LogP contribution in [0.15, 0.2) is 54.6 Å². The number of fused-ring (bicyclic) bond motifs is 1. The second-order valence-electron chi connectivity index (χ2n) is 7.41. The first kappa shape index (κ1) is 16.8. The Labute approximate surface area is 153 Å². The quantitative estimate of drug-likeness (QED) is 0.778. The van der Waals surface area contributed by atoms with Crippen LogP contribution in [0.4, 0.5) is 5.69 Å². The number of hydrogen-bond donors (Lipinski definition) is 0. The van der Waals surface area contributed by atoms with Crippen LogP contribution in [-0.2, 0) is 16.2 Å². The molecule has 4 nitrogen and oxygen atoms in total. The van der Waals surface area contributed by atoms with Gasteiger partial charge in [0.1, 0.15) is 12.4 Å². The van der Waals surface area contributed by atoms with Crippen molar-refractivity contribution in [1.29, 1.82) is 0 Å². The van der Waals surface area contributed by atoms with Gasteiger partial charge in [0.25, 0.3) is 0 Å². The summed E-state index contributed by atoms with van der Waals surface area (Å²) >= 11 is 0. The zero-order chi connectivity index (χ0) is 18.1. The number of nitrogens with zero attached hydrogens (tertiary/aromatic N) is 1. The van der Waals surface area contributed by atoms with Crippen molar-refractivity contribution in [3.05, 3.63) is 60.2 Å². The highest BCUT2D eigenvalue weighted by Gasteiger charge is 2.49. The molecule has 1 heterocycles. The molecule has 2 aliphatic rings. The van der Waals surface area contributed by atoms with Crippen LogP contribution in [0.25, 0.3) is 0 Å². The minimum atomic E-state index is -0.139. The second kappa shape index (κ2) is 6.94. The van der Waals surface area contributed by atoms with Crippen molar-refractivity contribution in [1.82, 2.24) is 0 Å². The van der Waals surface area contributed by atoms with Gasteiger partial charge >= 0.3 is 0 Å². The van der Waals surface area contributed by atoms with E-state index >= 15 is 0 Å². The van der Waals surface area contributed by atoms with Crippen molar-refractivity contribution in [2.45, 2.75) is 32.8 Å². The van der Waals surface area contributed by atoms with Gasteiger partial charge in [-0.05, 0) is 55.0 Å². The van der Waals surface area contributed by atoms with Crippen LogP contribution in [0, 0.1) is 17.8 Å². The SMILES string of the molecule is C[C@@H]1CC[C@@H]2C(=O)N(c3ccc(OCc4ccccc4)cc3)C(=O)[C@H]2C1. The molecule has 0 radical (unpaired) electrons. The predicted molar refractivity (Wildman–Crippen MR) is 99.7 cm³/mol. The largest absolute Gasteiger partial charge is 0.489 e. The highest BCUT2D eigenvalue weighted by Crippen LogP contribution is 2.42. The fourth-order valence-electron chi connectivity index (χ4n) is 4.08. The molecule has 4 heteroatoms. The Kier molecular flexibility index (Phi) is 4.49.